The van der Waals surface area contributed by atoms with Gasteiger partial charge < -0.3 is 0 Å². The van der Waals surface area contributed by atoms with Crippen LogP contribution in [-0.2, 0) is 4.79 Å². The molecule has 0 N–H and O–H groups in total. The number of Topliss-reactive ketones (excluding diaryl/α,β-unsaturated/α-hetero) is 1. The maximum atomic E-state index is 12.5. The van der Waals surface area contributed by atoms with Gasteiger partial charge in [0.25, 0.3) is 0 Å². The van der Waals surface area contributed by atoms with E-state index in [1.807, 2.05) is 18.2 Å². The monoisotopic (exact) mass is 251 g/mol. The Bertz CT molecular complexity index is 573. The highest BCUT2D eigenvalue weighted by atomic mass is 16.1. The van der Waals surface area contributed by atoms with E-state index in [0.29, 0.717) is 12.2 Å². The summed E-state index contributed by atoms with van der Waals surface area (Å²) < 4.78 is 0. The van der Waals surface area contributed by atoms with Crippen LogP contribution < -0.4 is 0 Å². The van der Waals surface area contributed by atoms with E-state index in [9.17, 15) is 4.79 Å². The molecule has 1 unspecified atom stereocenters. The zero-order chi connectivity index (χ0) is 13.2. The first-order chi connectivity index (χ1) is 9.33. The van der Waals surface area contributed by atoms with E-state index in [1.165, 1.54) is 5.56 Å². The van der Waals surface area contributed by atoms with Crippen molar-refractivity contribution in [2.45, 2.75) is 32.1 Å². The van der Waals surface area contributed by atoms with Crippen molar-refractivity contribution in [2.24, 2.45) is 0 Å². The summed E-state index contributed by atoms with van der Waals surface area (Å²) >= 11 is 0. The highest BCUT2D eigenvalue weighted by Gasteiger charge is 2.33. The first kappa shape index (κ1) is 12.1. The smallest absolute Gasteiger partial charge is 0.146 e. The minimum absolute atomic E-state index is 0.154. The topological polar surface area (TPSA) is 30.0 Å². The van der Waals surface area contributed by atoms with Gasteiger partial charge in [0.2, 0.25) is 0 Å². The maximum absolute atomic E-state index is 12.5. The third-order valence-electron chi connectivity index (χ3n) is 3.77. The molecule has 0 fully saturated rings. The number of nitrogens with zero attached hydrogens (tertiary/aromatic N) is 1. The quantitative estimate of drug-likeness (QED) is 0.823. The van der Waals surface area contributed by atoms with Gasteiger partial charge in [0.05, 0.1) is 11.6 Å². The molecule has 1 aliphatic rings. The molecule has 1 aliphatic carbocycles. The van der Waals surface area contributed by atoms with Crippen LogP contribution in [0.1, 0.15) is 43.4 Å². The van der Waals surface area contributed by atoms with Gasteiger partial charge in [0, 0.05) is 18.2 Å². The molecule has 0 saturated heterocycles. The average molecular weight is 251 g/mol. The standard InChI is InChI=1S/C17H17NO/c1-2-3-10-15(19)16-13-8-5-4-7-12(13)14-9-6-11-18-17(14)16/h4-9,11,16H,2-3,10H2,1H3. The van der Waals surface area contributed by atoms with E-state index >= 15 is 0 Å². The van der Waals surface area contributed by atoms with Crippen LogP contribution in [0.5, 0.6) is 0 Å². The number of benzene rings is 1. The van der Waals surface area contributed by atoms with Crippen LogP contribution in [0.25, 0.3) is 11.1 Å². The maximum Gasteiger partial charge on any atom is 0.146 e. The highest BCUT2D eigenvalue weighted by Crippen LogP contribution is 2.44. The summed E-state index contributed by atoms with van der Waals surface area (Å²) in [6.45, 7) is 2.11. The van der Waals surface area contributed by atoms with E-state index in [2.05, 4.69) is 30.1 Å². The van der Waals surface area contributed by atoms with Gasteiger partial charge in [0.1, 0.15) is 5.78 Å². The Morgan fingerprint density at radius 1 is 1.16 bits per heavy atom. The number of fused-ring (bicyclic) bond motifs is 3. The second kappa shape index (κ2) is 4.96. The number of carbonyl (C=O) groups is 1. The highest BCUT2D eigenvalue weighted by molar-refractivity contribution is 5.96. The van der Waals surface area contributed by atoms with Crippen molar-refractivity contribution in [2.75, 3.05) is 0 Å². The summed E-state index contributed by atoms with van der Waals surface area (Å²) in [6, 6.07) is 12.2. The minimum atomic E-state index is -0.154. The summed E-state index contributed by atoms with van der Waals surface area (Å²) in [5.74, 6) is 0.144. The van der Waals surface area contributed by atoms with Gasteiger partial charge in [-0.1, -0.05) is 43.7 Å². The lowest BCUT2D eigenvalue weighted by Gasteiger charge is -2.11. The van der Waals surface area contributed by atoms with Gasteiger partial charge in [-0.15, -0.1) is 0 Å². The Hall–Kier alpha value is -1.96. The molecular formula is C17H17NO. The lowest BCUT2D eigenvalue weighted by atomic mass is 9.92. The van der Waals surface area contributed by atoms with E-state index in [0.717, 1.165) is 29.7 Å². The van der Waals surface area contributed by atoms with Crippen molar-refractivity contribution in [3.8, 4) is 11.1 Å². The fourth-order valence-electron chi connectivity index (χ4n) is 2.84. The predicted molar refractivity (Wildman–Crippen MR) is 76.0 cm³/mol. The van der Waals surface area contributed by atoms with Crippen molar-refractivity contribution < 1.29 is 4.79 Å². The van der Waals surface area contributed by atoms with Crippen LogP contribution in [-0.4, -0.2) is 10.8 Å². The second-order valence-electron chi connectivity index (χ2n) is 5.03. The Labute approximate surface area is 113 Å². The lowest BCUT2D eigenvalue weighted by molar-refractivity contribution is -0.119. The third kappa shape index (κ3) is 1.97. The van der Waals surface area contributed by atoms with Crippen molar-refractivity contribution in [1.29, 1.82) is 0 Å². The van der Waals surface area contributed by atoms with Crippen LogP contribution >= 0.6 is 0 Å². The van der Waals surface area contributed by atoms with E-state index < -0.39 is 0 Å². The Morgan fingerprint density at radius 3 is 2.79 bits per heavy atom. The molecule has 1 heterocycles. The number of carbonyl (C=O) groups excluding carboxylic acids is 1. The summed E-state index contributed by atoms with van der Waals surface area (Å²) in [7, 11) is 0. The van der Waals surface area contributed by atoms with Crippen molar-refractivity contribution in [3.63, 3.8) is 0 Å². The van der Waals surface area contributed by atoms with Crippen LogP contribution in [0.3, 0.4) is 0 Å². The summed E-state index contributed by atoms with van der Waals surface area (Å²) in [6.07, 6.45) is 4.44. The minimum Gasteiger partial charge on any atom is -0.299 e. The van der Waals surface area contributed by atoms with Gasteiger partial charge in [-0.25, -0.2) is 0 Å². The number of rotatable bonds is 4. The molecule has 0 spiro atoms. The number of ketones is 1. The molecular weight excluding hydrogens is 234 g/mol. The largest absolute Gasteiger partial charge is 0.299 e. The molecule has 1 aromatic heterocycles. The summed E-state index contributed by atoms with van der Waals surface area (Å²) in [4.78, 5) is 17.0. The van der Waals surface area contributed by atoms with Crippen molar-refractivity contribution >= 4 is 5.78 Å². The molecule has 0 bridgehead atoms. The third-order valence-corrected chi connectivity index (χ3v) is 3.77. The Morgan fingerprint density at radius 2 is 1.95 bits per heavy atom. The van der Waals surface area contributed by atoms with Gasteiger partial charge in [-0.2, -0.15) is 0 Å². The number of aromatic nitrogens is 1. The molecule has 1 atom stereocenters. The van der Waals surface area contributed by atoms with Crippen LogP contribution in [0.4, 0.5) is 0 Å². The fraction of sp³-hybridized carbons (Fsp3) is 0.294. The zero-order valence-electron chi connectivity index (χ0n) is 11.1. The molecule has 0 saturated carbocycles. The first-order valence-electron chi connectivity index (χ1n) is 6.90. The average Bonchev–Trinajstić information content (AvgIpc) is 2.79. The fourth-order valence-corrected chi connectivity index (χ4v) is 2.84. The van der Waals surface area contributed by atoms with Gasteiger partial charge >= 0.3 is 0 Å². The summed E-state index contributed by atoms with van der Waals surface area (Å²) in [5, 5.41) is 0. The van der Waals surface area contributed by atoms with E-state index in [4.69, 9.17) is 0 Å². The normalized spacial score (nSPS) is 15.9. The van der Waals surface area contributed by atoms with Crippen molar-refractivity contribution in [3.05, 3.63) is 53.9 Å². The van der Waals surface area contributed by atoms with Crippen LogP contribution in [0.15, 0.2) is 42.6 Å². The molecule has 1 aromatic carbocycles. The number of hydrogen-bond acceptors (Lipinski definition) is 2. The van der Waals surface area contributed by atoms with Crippen LogP contribution in [0, 0.1) is 0 Å². The number of unbranched alkanes of at least 4 members (excludes halogenated alkanes) is 1. The van der Waals surface area contributed by atoms with Crippen LogP contribution in [0.2, 0.25) is 0 Å². The molecule has 0 aliphatic heterocycles. The Kier molecular flexibility index (Phi) is 3.16. The Balaban J connectivity index is 2.07. The molecule has 2 nitrogen and oxygen atoms in total. The molecule has 0 amide bonds. The molecule has 0 radical (unpaired) electrons. The van der Waals surface area contributed by atoms with E-state index in [-0.39, 0.29) is 5.92 Å². The summed E-state index contributed by atoms with van der Waals surface area (Å²) in [5.41, 5.74) is 4.34. The predicted octanol–water partition coefficient (Wildman–Crippen LogP) is 3.95. The molecule has 3 rings (SSSR count). The first-order valence-corrected chi connectivity index (χ1v) is 6.90. The molecule has 19 heavy (non-hydrogen) atoms. The SMILES string of the molecule is CCCCC(=O)C1c2ccccc2-c2cccnc21. The second-order valence-corrected chi connectivity index (χ2v) is 5.03. The van der Waals surface area contributed by atoms with Gasteiger partial charge in [-0.05, 0) is 23.6 Å². The zero-order valence-corrected chi connectivity index (χ0v) is 11.1. The van der Waals surface area contributed by atoms with Crippen molar-refractivity contribution in [1.82, 2.24) is 4.98 Å². The number of hydrogen-bond donors (Lipinski definition) is 0. The molecule has 2 heteroatoms. The van der Waals surface area contributed by atoms with Gasteiger partial charge in [0.15, 0.2) is 0 Å². The number of pyridine rings is 1. The lowest BCUT2D eigenvalue weighted by Crippen LogP contribution is -2.12. The molecule has 96 valence electrons. The van der Waals surface area contributed by atoms with E-state index in [1.54, 1.807) is 6.20 Å². The van der Waals surface area contributed by atoms with Gasteiger partial charge in [-0.3, -0.25) is 9.78 Å². The molecule has 2 aromatic rings.